The molecule has 8 heteroatoms. The maximum atomic E-state index is 11.9. The summed E-state index contributed by atoms with van der Waals surface area (Å²) >= 11 is 11.9. The molecule has 0 unspecified atom stereocenters. The van der Waals surface area contributed by atoms with Gasteiger partial charge in [-0.1, -0.05) is 41.4 Å². The smallest absolute Gasteiger partial charge is 0.259 e. The van der Waals surface area contributed by atoms with Gasteiger partial charge in [0, 0.05) is 21.5 Å². The number of nitrogens with one attached hydrogen (secondary N) is 2. The number of pyridine rings is 1. The lowest BCUT2D eigenvalue weighted by atomic mass is 10.2. The van der Waals surface area contributed by atoms with Crippen molar-refractivity contribution in [2.45, 2.75) is 0 Å². The third-order valence-electron chi connectivity index (χ3n) is 3.61. The molecule has 27 heavy (non-hydrogen) atoms. The molecule has 0 saturated carbocycles. The number of aromatic nitrogens is 1. The Bertz CT molecular complexity index is 1020. The average Bonchev–Trinajstić information content (AvgIpc) is 2.67. The van der Waals surface area contributed by atoms with E-state index in [1.807, 2.05) is 30.3 Å². The Labute approximate surface area is 165 Å². The zero-order valence-corrected chi connectivity index (χ0v) is 15.5. The van der Waals surface area contributed by atoms with Crippen LogP contribution in [0.5, 0.6) is 0 Å². The number of fused-ring (bicyclic) bond motifs is 1. The van der Waals surface area contributed by atoms with E-state index in [9.17, 15) is 9.59 Å². The van der Waals surface area contributed by atoms with Crippen LogP contribution in [0.2, 0.25) is 10.2 Å². The summed E-state index contributed by atoms with van der Waals surface area (Å²) in [6, 6.07) is 15.7. The van der Waals surface area contributed by atoms with Crippen LogP contribution in [-0.2, 0) is 4.79 Å². The van der Waals surface area contributed by atoms with Crippen molar-refractivity contribution < 1.29 is 9.59 Å². The number of rotatable bonds is 5. The van der Waals surface area contributed by atoms with Crippen LogP contribution >= 0.6 is 23.2 Å². The average molecular weight is 401 g/mol. The fraction of sp³-hybridized carbons (Fsp3) is 0.0526. The second-order valence-corrected chi connectivity index (χ2v) is 6.34. The number of hydrogen-bond acceptors (Lipinski definition) is 4. The molecule has 0 aliphatic rings. The van der Waals surface area contributed by atoms with Crippen molar-refractivity contribution in [1.82, 2.24) is 15.7 Å². The normalized spacial score (nSPS) is 10.9. The highest BCUT2D eigenvalue weighted by Crippen LogP contribution is 2.18. The number of nitrogens with zero attached hydrogens (tertiary/aromatic N) is 2. The summed E-state index contributed by atoms with van der Waals surface area (Å²) in [5.74, 6) is -0.856. The van der Waals surface area contributed by atoms with Crippen molar-refractivity contribution in [2.75, 3.05) is 6.54 Å². The van der Waals surface area contributed by atoms with E-state index in [-0.39, 0.29) is 17.6 Å². The van der Waals surface area contributed by atoms with Gasteiger partial charge < -0.3 is 5.32 Å². The van der Waals surface area contributed by atoms with Gasteiger partial charge in [0.05, 0.1) is 18.3 Å². The lowest BCUT2D eigenvalue weighted by molar-refractivity contribution is -0.120. The molecule has 1 aromatic heterocycles. The van der Waals surface area contributed by atoms with Crippen LogP contribution in [0.1, 0.15) is 15.9 Å². The van der Waals surface area contributed by atoms with Gasteiger partial charge in [0.15, 0.2) is 0 Å². The molecular formula is C19H14Cl2N4O2. The molecule has 0 atom stereocenters. The largest absolute Gasteiger partial charge is 0.343 e. The maximum absolute atomic E-state index is 11.9. The number of benzene rings is 2. The van der Waals surface area contributed by atoms with Crippen molar-refractivity contribution in [3.63, 3.8) is 0 Å². The molecule has 0 fully saturated rings. The summed E-state index contributed by atoms with van der Waals surface area (Å²) in [7, 11) is 0. The number of amides is 2. The number of carbonyl (C=O) groups excluding carboxylic acids is 2. The molecule has 2 amide bonds. The third kappa shape index (κ3) is 5.03. The SMILES string of the molecule is O=C(CNC(=O)c1ccc(Cl)cc1)N/N=C\c1cc2ccccc2nc1Cl. The van der Waals surface area contributed by atoms with E-state index >= 15 is 0 Å². The molecule has 3 aromatic rings. The van der Waals surface area contributed by atoms with Gasteiger partial charge in [-0.15, -0.1) is 0 Å². The summed E-state index contributed by atoms with van der Waals surface area (Å²) in [4.78, 5) is 28.0. The molecule has 0 aliphatic heterocycles. The second-order valence-electron chi connectivity index (χ2n) is 5.54. The van der Waals surface area contributed by atoms with Gasteiger partial charge in [0.2, 0.25) is 0 Å². The van der Waals surface area contributed by atoms with Crippen molar-refractivity contribution in [2.24, 2.45) is 5.10 Å². The number of para-hydroxylation sites is 1. The summed E-state index contributed by atoms with van der Waals surface area (Å²) in [5, 5.41) is 8.07. The lowest BCUT2D eigenvalue weighted by Gasteiger charge is -2.04. The predicted molar refractivity (Wildman–Crippen MR) is 106 cm³/mol. The molecule has 1 heterocycles. The van der Waals surface area contributed by atoms with Crippen LogP contribution in [-0.4, -0.2) is 29.6 Å². The molecule has 0 spiro atoms. The van der Waals surface area contributed by atoms with Crippen molar-refractivity contribution in [3.8, 4) is 0 Å². The van der Waals surface area contributed by atoms with Crippen molar-refractivity contribution in [1.29, 1.82) is 0 Å². The quantitative estimate of drug-likeness (QED) is 0.391. The first-order chi connectivity index (χ1) is 13.0. The van der Waals surface area contributed by atoms with Gasteiger partial charge in [-0.25, -0.2) is 10.4 Å². The third-order valence-corrected chi connectivity index (χ3v) is 4.17. The van der Waals surface area contributed by atoms with Crippen LogP contribution in [0.15, 0.2) is 59.7 Å². The van der Waals surface area contributed by atoms with E-state index in [1.165, 1.54) is 6.21 Å². The summed E-state index contributed by atoms with van der Waals surface area (Å²) in [6.07, 6.45) is 1.40. The van der Waals surface area contributed by atoms with Crippen LogP contribution in [0.4, 0.5) is 0 Å². The van der Waals surface area contributed by atoms with E-state index in [0.717, 1.165) is 10.9 Å². The van der Waals surface area contributed by atoms with Crippen LogP contribution in [0, 0.1) is 0 Å². The molecule has 3 rings (SSSR count). The zero-order chi connectivity index (χ0) is 19.2. The molecule has 0 aliphatic carbocycles. The minimum absolute atomic E-state index is 0.220. The highest BCUT2D eigenvalue weighted by molar-refractivity contribution is 6.32. The molecule has 0 radical (unpaired) electrons. The first kappa shape index (κ1) is 18.8. The first-order valence-corrected chi connectivity index (χ1v) is 8.69. The summed E-state index contributed by atoms with van der Waals surface area (Å²) in [5.41, 5.74) is 4.08. The first-order valence-electron chi connectivity index (χ1n) is 7.94. The minimum atomic E-state index is -0.474. The lowest BCUT2D eigenvalue weighted by Crippen LogP contribution is -2.34. The minimum Gasteiger partial charge on any atom is -0.343 e. The molecule has 2 aromatic carbocycles. The fourth-order valence-corrected chi connectivity index (χ4v) is 2.60. The Balaban J connectivity index is 1.55. The van der Waals surface area contributed by atoms with Crippen LogP contribution in [0.25, 0.3) is 10.9 Å². The van der Waals surface area contributed by atoms with Crippen molar-refractivity contribution >= 4 is 52.1 Å². The second kappa shape index (κ2) is 8.62. The molecule has 0 saturated heterocycles. The summed E-state index contributed by atoms with van der Waals surface area (Å²) in [6.45, 7) is -0.220. The molecular weight excluding hydrogens is 387 g/mol. The molecule has 136 valence electrons. The van der Waals surface area contributed by atoms with Gasteiger partial charge >= 0.3 is 0 Å². The predicted octanol–water partition coefficient (Wildman–Crippen LogP) is 3.42. The van der Waals surface area contributed by atoms with E-state index in [2.05, 4.69) is 20.8 Å². The fourth-order valence-electron chi connectivity index (χ4n) is 2.28. The number of hydrazone groups is 1. The molecule has 6 nitrogen and oxygen atoms in total. The monoisotopic (exact) mass is 400 g/mol. The van der Waals surface area contributed by atoms with Gasteiger partial charge in [-0.3, -0.25) is 9.59 Å². The zero-order valence-electron chi connectivity index (χ0n) is 13.9. The Morgan fingerprint density at radius 2 is 1.81 bits per heavy atom. The standard InChI is InChI=1S/C19H14Cl2N4O2/c20-15-7-5-12(6-8-15)19(27)22-11-17(26)25-23-10-14-9-13-3-1-2-4-16(13)24-18(14)21/h1-10H,11H2,(H,22,27)(H,25,26)/b23-10-. The van der Waals surface area contributed by atoms with Gasteiger partial charge in [0.25, 0.3) is 11.8 Å². The van der Waals surface area contributed by atoms with Crippen molar-refractivity contribution in [3.05, 3.63) is 75.9 Å². The van der Waals surface area contributed by atoms with E-state index in [4.69, 9.17) is 23.2 Å². The summed E-state index contributed by atoms with van der Waals surface area (Å²) < 4.78 is 0. The number of carbonyl (C=O) groups is 2. The van der Waals surface area contributed by atoms with Crippen LogP contribution < -0.4 is 10.7 Å². The highest BCUT2D eigenvalue weighted by atomic mass is 35.5. The Morgan fingerprint density at radius 1 is 1.07 bits per heavy atom. The van der Waals surface area contributed by atoms with E-state index in [0.29, 0.717) is 16.1 Å². The maximum Gasteiger partial charge on any atom is 0.259 e. The molecule has 2 N–H and O–H groups in total. The van der Waals surface area contributed by atoms with Gasteiger partial charge in [-0.05, 0) is 36.4 Å². The van der Waals surface area contributed by atoms with Gasteiger partial charge in [-0.2, -0.15) is 5.10 Å². The van der Waals surface area contributed by atoms with E-state index in [1.54, 1.807) is 24.3 Å². The van der Waals surface area contributed by atoms with Crippen LogP contribution in [0.3, 0.4) is 0 Å². The number of halogens is 2. The number of hydrogen-bond donors (Lipinski definition) is 2. The Morgan fingerprint density at radius 3 is 2.59 bits per heavy atom. The Hall–Kier alpha value is -2.96. The highest BCUT2D eigenvalue weighted by Gasteiger charge is 2.07. The van der Waals surface area contributed by atoms with E-state index < -0.39 is 5.91 Å². The molecule has 0 bridgehead atoms. The Kier molecular flexibility index (Phi) is 6.01. The van der Waals surface area contributed by atoms with Gasteiger partial charge in [0.1, 0.15) is 5.15 Å². The topological polar surface area (TPSA) is 83.5 Å².